The van der Waals surface area contributed by atoms with E-state index in [4.69, 9.17) is 22.0 Å². The SMILES string of the molecule is N#Cc1cc(CS(=O)c2ccc(Cl)c(C(=O)O)c2)ccn1. The third-order valence-electron chi connectivity index (χ3n) is 2.67. The Labute approximate surface area is 128 Å². The zero-order chi connectivity index (χ0) is 15.4. The lowest BCUT2D eigenvalue weighted by Gasteiger charge is -2.05. The summed E-state index contributed by atoms with van der Waals surface area (Å²) in [4.78, 5) is 15.2. The minimum atomic E-state index is -1.44. The second kappa shape index (κ2) is 6.48. The van der Waals surface area contributed by atoms with Crippen molar-refractivity contribution in [1.82, 2.24) is 4.98 Å². The summed E-state index contributed by atoms with van der Waals surface area (Å²) in [5.41, 5.74) is 0.841. The van der Waals surface area contributed by atoms with Gasteiger partial charge in [0.25, 0.3) is 0 Å². The van der Waals surface area contributed by atoms with Crippen molar-refractivity contribution in [3.63, 3.8) is 0 Å². The van der Waals surface area contributed by atoms with Gasteiger partial charge in [-0.15, -0.1) is 0 Å². The second-order valence-corrected chi connectivity index (χ2v) is 5.96. The van der Waals surface area contributed by atoms with Gasteiger partial charge in [0.2, 0.25) is 0 Å². The minimum Gasteiger partial charge on any atom is -0.478 e. The molecule has 0 aliphatic rings. The van der Waals surface area contributed by atoms with Gasteiger partial charge in [-0.3, -0.25) is 4.21 Å². The summed E-state index contributed by atoms with van der Waals surface area (Å²) in [7, 11) is -1.44. The highest BCUT2D eigenvalue weighted by molar-refractivity contribution is 7.84. The Bertz CT molecular complexity index is 771. The molecule has 0 aliphatic heterocycles. The van der Waals surface area contributed by atoms with Gasteiger partial charge in [0.05, 0.1) is 27.1 Å². The molecule has 1 aromatic heterocycles. The smallest absolute Gasteiger partial charge is 0.337 e. The molecular weight excluding hydrogens is 312 g/mol. The van der Waals surface area contributed by atoms with E-state index in [0.717, 1.165) is 0 Å². The van der Waals surface area contributed by atoms with E-state index in [1.54, 1.807) is 12.1 Å². The molecule has 106 valence electrons. The molecule has 7 heteroatoms. The zero-order valence-electron chi connectivity index (χ0n) is 10.6. The molecule has 2 rings (SSSR count). The molecule has 0 spiro atoms. The van der Waals surface area contributed by atoms with Gasteiger partial charge < -0.3 is 5.11 Å². The monoisotopic (exact) mass is 320 g/mol. The van der Waals surface area contributed by atoms with Crippen LogP contribution in [0.1, 0.15) is 21.6 Å². The van der Waals surface area contributed by atoms with Crippen LogP contribution in [0.3, 0.4) is 0 Å². The lowest BCUT2D eigenvalue weighted by Crippen LogP contribution is -2.02. The average molecular weight is 321 g/mol. The number of carboxylic acid groups (broad SMARTS) is 1. The van der Waals surface area contributed by atoms with Gasteiger partial charge in [-0.2, -0.15) is 5.26 Å². The fourth-order valence-corrected chi connectivity index (χ4v) is 2.99. The number of nitrogens with zero attached hydrogens (tertiary/aromatic N) is 2. The molecule has 0 bridgehead atoms. The quantitative estimate of drug-likeness (QED) is 0.935. The number of halogens is 1. The van der Waals surface area contributed by atoms with Gasteiger partial charge in [-0.1, -0.05) is 11.6 Å². The number of aromatic nitrogens is 1. The lowest BCUT2D eigenvalue weighted by molar-refractivity contribution is 0.0697. The molecule has 1 heterocycles. The Morgan fingerprint density at radius 1 is 1.38 bits per heavy atom. The van der Waals surface area contributed by atoms with Crippen molar-refractivity contribution in [2.24, 2.45) is 0 Å². The molecule has 21 heavy (non-hydrogen) atoms. The molecule has 5 nitrogen and oxygen atoms in total. The molecule has 0 fully saturated rings. The lowest BCUT2D eigenvalue weighted by atomic mass is 10.2. The topological polar surface area (TPSA) is 91.0 Å². The van der Waals surface area contributed by atoms with Crippen molar-refractivity contribution in [2.75, 3.05) is 0 Å². The number of benzene rings is 1. The predicted octanol–water partition coefficient (Wildman–Crippen LogP) is 2.61. The number of nitriles is 1. The summed E-state index contributed by atoms with van der Waals surface area (Å²) < 4.78 is 12.3. The van der Waals surface area contributed by atoms with Crippen molar-refractivity contribution in [1.29, 1.82) is 5.26 Å². The molecule has 0 radical (unpaired) electrons. The van der Waals surface area contributed by atoms with E-state index in [0.29, 0.717) is 10.5 Å². The summed E-state index contributed by atoms with van der Waals surface area (Å²) in [5.74, 6) is -1.01. The Morgan fingerprint density at radius 3 is 2.81 bits per heavy atom. The van der Waals surface area contributed by atoms with Crippen LogP contribution in [0.5, 0.6) is 0 Å². The Kier molecular flexibility index (Phi) is 4.68. The molecule has 2 aromatic rings. The largest absolute Gasteiger partial charge is 0.478 e. The van der Waals surface area contributed by atoms with E-state index in [1.807, 2.05) is 6.07 Å². The highest BCUT2D eigenvalue weighted by atomic mass is 35.5. The van der Waals surface area contributed by atoms with Crippen LogP contribution in [0.25, 0.3) is 0 Å². The highest BCUT2D eigenvalue weighted by Gasteiger charge is 2.13. The van der Waals surface area contributed by atoms with E-state index in [-0.39, 0.29) is 22.0 Å². The number of pyridine rings is 1. The van der Waals surface area contributed by atoms with Crippen LogP contribution in [0.4, 0.5) is 0 Å². The molecule has 1 unspecified atom stereocenters. The number of hydrogen-bond acceptors (Lipinski definition) is 4. The van der Waals surface area contributed by atoms with Gasteiger partial charge in [-0.05, 0) is 35.9 Å². The molecule has 1 aromatic carbocycles. The van der Waals surface area contributed by atoms with Crippen LogP contribution in [0.15, 0.2) is 41.4 Å². The summed E-state index contributed by atoms with van der Waals surface area (Å²) >= 11 is 5.77. The van der Waals surface area contributed by atoms with Crippen LogP contribution in [-0.2, 0) is 16.6 Å². The first-order valence-electron chi connectivity index (χ1n) is 5.77. The first-order chi connectivity index (χ1) is 10.0. The van der Waals surface area contributed by atoms with Crippen LogP contribution >= 0.6 is 11.6 Å². The van der Waals surface area contributed by atoms with Crippen LogP contribution in [0, 0.1) is 11.3 Å². The number of hydrogen-bond donors (Lipinski definition) is 1. The standard InChI is InChI=1S/C14H9ClN2O3S/c15-13-2-1-11(6-12(13)14(18)19)21(20)8-9-3-4-17-10(5-9)7-16/h1-6H,8H2,(H,18,19). The van der Waals surface area contributed by atoms with Gasteiger partial charge in [0.1, 0.15) is 11.8 Å². The van der Waals surface area contributed by atoms with Gasteiger partial charge in [-0.25, -0.2) is 9.78 Å². The third kappa shape index (κ3) is 3.66. The van der Waals surface area contributed by atoms with Gasteiger partial charge in [0.15, 0.2) is 0 Å². The maximum absolute atomic E-state index is 12.3. The van der Waals surface area contributed by atoms with E-state index >= 15 is 0 Å². The summed E-state index contributed by atoms with van der Waals surface area (Å²) in [6.45, 7) is 0. The fraction of sp³-hybridized carbons (Fsp3) is 0.0714. The van der Waals surface area contributed by atoms with E-state index in [2.05, 4.69) is 4.98 Å². The highest BCUT2D eigenvalue weighted by Crippen LogP contribution is 2.21. The van der Waals surface area contributed by atoms with Crippen LogP contribution in [-0.4, -0.2) is 20.3 Å². The molecule has 1 N–H and O–H groups in total. The van der Waals surface area contributed by atoms with E-state index in [1.165, 1.54) is 24.4 Å². The normalized spacial score (nSPS) is 11.6. The first kappa shape index (κ1) is 15.2. The molecule has 0 saturated heterocycles. The molecular formula is C14H9ClN2O3S. The minimum absolute atomic E-state index is 0.0880. The Morgan fingerprint density at radius 2 is 2.14 bits per heavy atom. The Balaban J connectivity index is 2.26. The molecule has 0 aliphatic carbocycles. The van der Waals surface area contributed by atoms with Gasteiger partial charge in [0, 0.05) is 11.1 Å². The predicted molar refractivity (Wildman–Crippen MR) is 77.5 cm³/mol. The van der Waals surface area contributed by atoms with Crippen molar-refractivity contribution < 1.29 is 14.1 Å². The molecule has 1 atom stereocenters. The maximum atomic E-state index is 12.3. The second-order valence-electron chi connectivity index (χ2n) is 4.10. The number of carbonyl (C=O) groups is 1. The average Bonchev–Trinajstić information content (AvgIpc) is 2.47. The van der Waals surface area contributed by atoms with Crippen LogP contribution in [0.2, 0.25) is 5.02 Å². The maximum Gasteiger partial charge on any atom is 0.337 e. The zero-order valence-corrected chi connectivity index (χ0v) is 12.2. The molecule has 0 saturated carbocycles. The number of carboxylic acids is 1. The van der Waals surface area contributed by atoms with Crippen molar-refractivity contribution in [3.8, 4) is 6.07 Å². The van der Waals surface area contributed by atoms with Gasteiger partial charge >= 0.3 is 5.97 Å². The third-order valence-corrected chi connectivity index (χ3v) is 4.37. The Hall–Kier alpha value is -2.23. The number of aromatic carboxylic acids is 1. The summed E-state index contributed by atoms with van der Waals surface area (Å²) in [6.07, 6.45) is 1.47. The summed E-state index contributed by atoms with van der Waals surface area (Å²) in [5, 5.41) is 17.9. The number of rotatable bonds is 4. The van der Waals surface area contributed by atoms with Crippen LogP contribution < -0.4 is 0 Å². The summed E-state index contributed by atoms with van der Waals surface area (Å²) in [6, 6.07) is 9.35. The molecule has 0 amide bonds. The van der Waals surface area contributed by atoms with E-state index in [9.17, 15) is 9.00 Å². The van der Waals surface area contributed by atoms with Crippen molar-refractivity contribution in [3.05, 3.63) is 58.4 Å². The van der Waals surface area contributed by atoms with Crippen molar-refractivity contribution >= 4 is 28.4 Å². The fourth-order valence-electron chi connectivity index (χ4n) is 1.67. The van der Waals surface area contributed by atoms with E-state index < -0.39 is 16.8 Å². The first-order valence-corrected chi connectivity index (χ1v) is 7.47. The van der Waals surface area contributed by atoms with Crippen molar-refractivity contribution in [2.45, 2.75) is 10.6 Å².